The van der Waals surface area contributed by atoms with Crippen LogP contribution in [0.3, 0.4) is 0 Å². The number of carbonyl (C=O) groups excluding carboxylic acids is 1. The normalized spacial score (nSPS) is 12.3. The fourth-order valence-electron chi connectivity index (χ4n) is 3.77. The molecule has 1 atom stereocenters. The van der Waals surface area contributed by atoms with Crippen LogP contribution in [0.25, 0.3) is 16.6 Å². The van der Waals surface area contributed by atoms with Crippen LogP contribution >= 0.6 is 0 Å². The Bertz CT molecular complexity index is 1320. The first kappa shape index (κ1) is 20.5. The van der Waals surface area contributed by atoms with Crippen LogP contribution in [0.15, 0.2) is 45.8 Å². The first-order valence-corrected chi connectivity index (χ1v) is 9.95. The maximum atomic E-state index is 13.1. The van der Waals surface area contributed by atoms with Crippen molar-refractivity contribution in [2.45, 2.75) is 32.9 Å². The number of benzene rings is 1. The fraction of sp³-hybridized carbons (Fsp3) is 0.318. The highest BCUT2D eigenvalue weighted by Gasteiger charge is 2.24. The number of nitrogens with one attached hydrogen (secondary N) is 1. The van der Waals surface area contributed by atoms with Crippen molar-refractivity contribution >= 4 is 22.5 Å². The Balaban J connectivity index is 1.61. The predicted molar refractivity (Wildman–Crippen MR) is 115 cm³/mol. The summed E-state index contributed by atoms with van der Waals surface area (Å²) in [7, 11) is 3.12. The lowest BCUT2D eigenvalue weighted by Gasteiger charge is -2.18. The second-order valence-corrected chi connectivity index (χ2v) is 7.16. The van der Waals surface area contributed by atoms with Crippen molar-refractivity contribution in [2.24, 2.45) is 0 Å². The van der Waals surface area contributed by atoms with E-state index in [9.17, 15) is 9.59 Å². The number of rotatable bonds is 7. The van der Waals surface area contributed by atoms with Gasteiger partial charge in [0, 0.05) is 18.7 Å². The molecule has 0 saturated carbocycles. The minimum atomic E-state index is -0.738. The summed E-state index contributed by atoms with van der Waals surface area (Å²) >= 11 is 0. The molecule has 0 aliphatic carbocycles. The third-order valence-electron chi connectivity index (χ3n) is 5.33. The number of carbonyl (C=O) groups is 1. The van der Waals surface area contributed by atoms with Gasteiger partial charge in [-0.05, 0) is 31.0 Å². The molecule has 1 N–H and O–H groups in total. The first-order chi connectivity index (χ1) is 15.0. The topological polar surface area (TPSA) is 100 Å². The highest BCUT2D eigenvalue weighted by Crippen LogP contribution is 2.27. The zero-order valence-electron chi connectivity index (χ0n) is 17.8. The van der Waals surface area contributed by atoms with Gasteiger partial charge in [0.2, 0.25) is 5.91 Å². The zero-order chi connectivity index (χ0) is 22.1. The highest BCUT2D eigenvalue weighted by molar-refractivity contribution is 5.83. The van der Waals surface area contributed by atoms with E-state index in [0.717, 1.165) is 11.1 Å². The summed E-state index contributed by atoms with van der Waals surface area (Å²) in [6.45, 7) is 3.92. The van der Waals surface area contributed by atoms with Crippen LogP contribution in [0.1, 0.15) is 30.8 Å². The van der Waals surface area contributed by atoms with Gasteiger partial charge in [0.05, 0.1) is 26.0 Å². The van der Waals surface area contributed by atoms with Crippen LogP contribution in [0.5, 0.6) is 11.5 Å². The maximum absolute atomic E-state index is 13.1. The van der Waals surface area contributed by atoms with E-state index in [1.165, 1.54) is 4.68 Å². The standard InChI is InChI=1S/C22H24N4O5/c1-5-15(21(27)23-12-14-6-7-18(29-3)20(10-14)30-4)26-22(28)17-11-19-16(8-9-31-19)25(17)13(2)24-26/h6-11,15H,5,12H2,1-4H3,(H,23,27)/t15-/m0/s1. The molecule has 0 spiro atoms. The average molecular weight is 424 g/mol. The number of ether oxygens (including phenoxy) is 2. The molecule has 0 bridgehead atoms. The number of furan rings is 1. The van der Waals surface area contributed by atoms with E-state index < -0.39 is 6.04 Å². The molecule has 3 heterocycles. The smallest absolute Gasteiger partial charge is 0.291 e. The van der Waals surface area contributed by atoms with Crippen molar-refractivity contribution in [1.29, 1.82) is 0 Å². The van der Waals surface area contributed by atoms with Crippen LogP contribution in [0, 0.1) is 6.92 Å². The molecule has 0 fully saturated rings. The summed E-state index contributed by atoms with van der Waals surface area (Å²) in [4.78, 5) is 26.1. The van der Waals surface area contributed by atoms with Crippen molar-refractivity contribution < 1.29 is 18.7 Å². The van der Waals surface area contributed by atoms with E-state index >= 15 is 0 Å². The van der Waals surface area contributed by atoms with Crippen molar-refractivity contribution in [3.05, 3.63) is 58.3 Å². The van der Waals surface area contributed by atoms with Gasteiger partial charge in [-0.3, -0.25) is 14.0 Å². The van der Waals surface area contributed by atoms with Crippen LogP contribution in [-0.2, 0) is 11.3 Å². The molecule has 0 aliphatic heterocycles. The Labute approximate surface area is 178 Å². The van der Waals surface area contributed by atoms with Gasteiger partial charge in [0.25, 0.3) is 5.56 Å². The third kappa shape index (κ3) is 3.52. The summed E-state index contributed by atoms with van der Waals surface area (Å²) < 4.78 is 19.0. The molecule has 3 aromatic heterocycles. The van der Waals surface area contributed by atoms with Crippen molar-refractivity contribution in [1.82, 2.24) is 19.5 Å². The van der Waals surface area contributed by atoms with Gasteiger partial charge >= 0.3 is 0 Å². The van der Waals surface area contributed by atoms with E-state index in [1.807, 2.05) is 13.0 Å². The Morgan fingerprint density at radius 3 is 2.65 bits per heavy atom. The third-order valence-corrected chi connectivity index (χ3v) is 5.33. The van der Waals surface area contributed by atoms with E-state index in [0.29, 0.717) is 34.8 Å². The Hall–Kier alpha value is -3.75. The molecule has 0 aliphatic rings. The molecule has 0 saturated heterocycles. The van der Waals surface area contributed by atoms with Crippen molar-refractivity contribution in [3.8, 4) is 11.5 Å². The van der Waals surface area contributed by atoms with Gasteiger partial charge in [0.1, 0.15) is 17.4 Å². The van der Waals surface area contributed by atoms with Gasteiger partial charge in [-0.25, -0.2) is 4.68 Å². The number of aromatic nitrogens is 3. The molecular formula is C22H24N4O5. The molecule has 0 radical (unpaired) electrons. The van der Waals surface area contributed by atoms with E-state index in [1.54, 1.807) is 56.1 Å². The van der Waals surface area contributed by atoms with E-state index in [-0.39, 0.29) is 18.0 Å². The number of fused-ring (bicyclic) bond motifs is 3. The van der Waals surface area contributed by atoms with Crippen LogP contribution in [0.2, 0.25) is 0 Å². The number of aryl methyl sites for hydroxylation is 1. The number of methoxy groups -OCH3 is 2. The average Bonchev–Trinajstić information content (AvgIpc) is 3.37. The summed E-state index contributed by atoms with van der Waals surface area (Å²) in [5.74, 6) is 1.50. The summed E-state index contributed by atoms with van der Waals surface area (Å²) in [5, 5.41) is 7.32. The van der Waals surface area contributed by atoms with Gasteiger partial charge in [0.15, 0.2) is 17.1 Å². The molecule has 4 rings (SSSR count). The maximum Gasteiger partial charge on any atom is 0.291 e. The van der Waals surface area contributed by atoms with Gasteiger partial charge in [-0.15, -0.1) is 0 Å². The van der Waals surface area contributed by atoms with Gasteiger partial charge < -0.3 is 19.2 Å². The second-order valence-electron chi connectivity index (χ2n) is 7.16. The van der Waals surface area contributed by atoms with Crippen molar-refractivity contribution in [3.63, 3.8) is 0 Å². The molecule has 9 heteroatoms. The molecule has 4 aromatic rings. The molecule has 0 unspecified atom stereocenters. The molecule has 9 nitrogen and oxygen atoms in total. The van der Waals surface area contributed by atoms with E-state index in [2.05, 4.69) is 10.4 Å². The minimum absolute atomic E-state index is 0.281. The summed E-state index contributed by atoms with van der Waals surface area (Å²) in [5.41, 5.74) is 2.30. The Morgan fingerprint density at radius 2 is 1.94 bits per heavy atom. The van der Waals surface area contributed by atoms with E-state index in [4.69, 9.17) is 13.9 Å². The van der Waals surface area contributed by atoms with Crippen molar-refractivity contribution in [2.75, 3.05) is 14.2 Å². The van der Waals surface area contributed by atoms with Gasteiger partial charge in [-0.1, -0.05) is 13.0 Å². The SMILES string of the molecule is CC[C@@H](C(=O)NCc1ccc(OC)c(OC)c1)n1nc(C)n2c(cc3occc32)c1=O. The van der Waals surface area contributed by atoms with Crippen LogP contribution < -0.4 is 20.3 Å². The number of hydrogen-bond donors (Lipinski definition) is 1. The highest BCUT2D eigenvalue weighted by atomic mass is 16.5. The summed E-state index contributed by atoms with van der Waals surface area (Å²) in [6.07, 6.45) is 1.98. The monoisotopic (exact) mass is 424 g/mol. The molecule has 162 valence electrons. The quantitative estimate of drug-likeness (QED) is 0.490. The largest absolute Gasteiger partial charge is 0.493 e. The Morgan fingerprint density at radius 1 is 1.16 bits per heavy atom. The molecule has 1 amide bonds. The predicted octanol–water partition coefficient (Wildman–Crippen LogP) is 2.84. The number of hydrogen-bond acceptors (Lipinski definition) is 6. The lowest BCUT2D eigenvalue weighted by atomic mass is 10.1. The van der Waals surface area contributed by atoms with Gasteiger partial charge in [-0.2, -0.15) is 5.10 Å². The molecule has 1 aromatic carbocycles. The lowest BCUT2D eigenvalue weighted by molar-refractivity contribution is -0.125. The Kier molecular flexibility index (Phi) is 5.41. The minimum Gasteiger partial charge on any atom is -0.493 e. The fourth-order valence-corrected chi connectivity index (χ4v) is 3.77. The zero-order valence-corrected chi connectivity index (χ0v) is 17.8. The molecule has 31 heavy (non-hydrogen) atoms. The van der Waals surface area contributed by atoms with Crippen LogP contribution in [-0.4, -0.2) is 34.3 Å². The first-order valence-electron chi connectivity index (χ1n) is 9.95. The number of nitrogens with zero attached hydrogens (tertiary/aromatic N) is 3. The summed E-state index contributed by atoms with van der Waals surface area (Å²) in [6, 6.07) is 8.15. The molecular weight excluding hydrogens is 400 g/mol. The second kappa shape index (κ2) is 8.17. The lowest BCUT2D eigenvalue weighted by Crippen LogP contribution is -2.39. The number of amides is 1. The van der Waals surface area contributed by atoms with Crippen LogP contribution in [0.4, 0.5) is 0 Å².